The van der Waals surface area contributed by atoms with E-state index in [0.717, 1.165) is 53.5 Å². The van der Waals surface area contributed by atoms with Crippen LogP contribution in [0.4, 0.5) is 0 Å². The van der Waals surface area contributed by atoms with Gasteiger partial charge in [-0.1, -0.05) is 12.8 Å². The summed E-state index contributed by atoms with van der Waals surface area (Å²) in [5.41, 5.74) is 0. The first-order valence-corrected chi connectivity index (χ1v) is 9.55. The van der Waals surface area contributed by atoms with Crippen LogP contribution < -0.4 is 5.32 Å². The van der Waals surface area contributed by atoms with Gasteiger partial charge in [-0.2, -0.15) is 0 Å². The number of hydrogen-bond acceptors (Lipinski definition) is 1. The van der Waals surface area contributed by atoms with Gasteiger partial charge in [0.25, 0.3) is 0 Å². The fraction of sp³-hybridized carbons (Fsp3) is 1.00. The molecule has 9 atom stereocenters. The predicted molar refractivity (Wildman–Crippen MR) is 82.4 cm³/mol. The molecular weight excluding hydrogens is 242 g/mol. The normalized spacial score (nSPS) is 57.5. The summed E-state index contributed by atoms with van der Waals surface area (Å²) in [7, 11) is 0. The molecule has 112 valence electrons. The maximum absolute atomic E-state index is 4.15. The van der Waals surface area contributed by atoms with Crippen LogP contribution >= 0.6 is 0 Å². The van der Waals surface area contributed by atoms with Gasteiger partial charge in [-0.05, 0) is 93.3 Å². The van der Waals surface area contributed by atoms with Crippen molar-refractivity contribution in [2.75, 3.05) is 0 Å². The average molecular weight is 273 g/mol. The molecule has 0 aromatic carbocycles. The fourth-order valence-electron chi connectivity index (χ4n) is 7.63. The second-order valence-electron chi connectivity index (χ2n) is 9.05. The van der Waals surface area contributed by atoms with E-state index >= 15 is 0 Å². The Hall–Kier alpha value is -0.0400. The van der Waals surface area contributed by atoms with Gasteiger partial charge in [0.05, 0.1) is 0 Å². The van der Waals surface area contributed by atoms with Gasteiger partial charge in [0.15, 0.2) is 0 Å². The highest BCUT2D eigenvalue weighted by Gasteiger charge is 2.54. The zero-order valence-electron chi connectivity index (χ0n) is 13.1. The van der Waals surface area contributed by atoms with Gasteiger partial charge in [-0.3, -0.25) is 0 Å². The third kappa shape index (κ3) is 1.71. The molecule has 5 rings (SSSR count). The summed E-state index contributed by atoms with van der Waals surface area (Å²) in [6.07, 6.45) is 14.0. The third-order valence-electron chi connectivity index (χ3n) is 8.34. The molecule has 9 unspecified atom stereocenters. The molecule has 0 spiro atoms. The minimum absolute atomic E-state index is 0.800. The molecule has 5 aliphatic carbocycles. The van der Waals surface area contributed by atoms with Gasteiger partial charge in [0.1, 0.15) is 0 Å². The Morgan fingerprint density at radius 1 is 0.800 bits per heavy atom. The molecule has 0 radical (unpaired) electrons. The van der Waals surface area contributed by atoms with Crippen LogP contribution in [0.3, 0.4) is 0 Å². The highest BCUT2D eigenvalue weighted by molar-refractivity contribution is 5.06. The van der Waals surface area contributed by atoms with Crippen molar-refractivity contribution in [2.45, 2.75) is 76.8 Å². The van der Waals surface area contributed by atoms with Crippen molar-refractivity contribution in [3.05, 3.63) is 0 Å². The molecule has 0 heterocycles. The maximum Gasteiger partial charge on any atom is 0.0103 e. The Kier molecular flexibility index (Phi) is 2.80. The summed E-state index contributed by atoms with van der Waals surface area (Å²) in [6.45, 7) is 2.52. The molecule has 0 saturated heterocycles. The molecule has 20 heavy (non-hydrogen) atoms. The average Bonchev–Trinajstić information content (AvgIpc) is 3.21. The number of nitrogens with one attached hydrogen (secondary N) is 1. The first-order chi connectivity index (χ1) is 9.79. The minimum atomic E-state index is 0.800. The largest absolute Gasteiger partial charge is 0.311 e. The monoisotopic (exact) mass is 273 g/mol. The molecule has 5 fully saturated rings. The van der Waals surface area contributed by atoms with E-state index in [2.05, 4.69) is 12.2 Å². The molecule has 0 aliphatic heterocycles. The van der Waals surface area contributed by atoms with Gasteiger partial charge in [-0.15, -0.1) is 0 Å². The van der Waals surface area contributed by atoms with Crippen LogP contribution in [-0.2, 0) is 0 Å². The molecule has 1 N–H and O–H groups in total. The van der Waals surface area contributed by atoms with Crippen LogP contribution in [-0.4, -0.2) is 12.1 Å². The molecule has 1 heteroatoms. The number of fused-ring (bicyclic) bond motifs is 7. The van der Waals surface area contributed by atoms with E-state index in [4.69, 9.17) is 0 Å². The van der Waals surface area contributed by atoms with Gasteiger partial charge in [0, 0.05) is 12.1 Å². The quantitative estimate of drug-likeness (QED) is 0.811. The van der Waals surface area contributed by atoms with Crippen molar-refractivity contribution in [1.29, 1.82) is 0 Å². The highest BCUT2D eigenvalue weighted by atomic mass is 15.0. The van der Waals surface area contributed by atoms with E-state index in [-0.39, 0.29) is 0 Å². The third-order valence-corrected chi connectivity index (χ3v) is 8.34. The SMILES string of the molecule is CC(NC1CC2CC1C1CCCC21)C1CC2CCC1C2. The molecule has 5 saturated carbocycles. The van der Waals surface area contributed by atoms with E-state index in [0.29, 0.717) is 0 Å². The lowest BCUT2D eigenvalue weighted by atomic mass is 9.78. The molecule has 0 amide bonds. The number of hydrogen-bond donors (Lipinski definition) is 1. The van der Waals surface area contributed by atoms with Gasteiger partial charge in [0.2, 0.25) is 0 Å². The predicted octanol–water partition coefficient (Wildman–Crippen LogP) is 4.23. The van der Waals surface area contributed by atoms with Crippen LogP contribution in [0, 0.1) is 41.4 Å². The summed E-state index contributed by atoms with van der Waals surface area (Å²) >= 11 is 0. The van der Waals surface area contributed by atoms with Crippen LogP contribution in [0.25, 0.3) is 0 Å². The smallest absolute Gasteiger partial charge is 0.0103 e. The van der Waals surface area contributed by atoms with Crippen molar-refractivity contribution >= 4 is 0 Å². The van der Waals surface area contributed by atoms with E-state index in [1.54, 1.807) is 44.9 Å². The Balaban J connectivity index is 1.25. The van der Waals surface area contributed by atoms with Crippen LogP contribution in [0.5, 0.6) is 0 Å². The molecule has 5 aliphatic rings. The lowest BCUT2D eigenvalue weighted by molar-refractivity contribution is 0.171. The van der Waals surface area contributed by atoms with Gasteiger partial charge in [-0.25, -0.2) is 0 Å². The Bertz CT molecular complexity index is 391. The Morgan fingerprint density at radius 3 is 2.50 bits per heavy atom. The topological polar surface area (TPSA) is 12.0 Å². The van der Waals surface area contributed by atoms with E-state index in [9.17, 15) is 0 Å². The van der Waals surface area contributed by atoms with Crippen molar-refractivity contribution < 1.29 is 0 Å². The first kappa shape index (κ1) is 12.5. The highest BCUT2D eigenvalue weighted by Crippen LogP contribution is 2.59. The fourth-order valence-corrected chi connectivity index (χ4v) is 7.63. The van der Waals surface area contributed by atoms with Crippen molar-refractivity contribution in [3.63, 3.8) is 0 Å². The molecule has 4 bridgehead atoms. The Morgan fingerprint density at radius 2 is 1.70 bits per heavy atom. The second-order valence-corrected chi connectivity index (χ2v) is 9.05. The molecular formula is C19H31N. The van der Waals surface area contributed by atoms with E-state index < -0.39 is 0 Å². The number of rotatable bonds is 3. The molecule has 0 aromatic heterocycles. The minimum Gasteiger partial charge on any atom is -0.311 e. The summed E-state index contributed by atoms with van der Waals surface area (Å²) < 4.78 is 0. The van der Waals surface area contributed by atoms with Gasteiger partial charge < -0.3 is 5.32 Å². The molecule has 0 aromatic rings. The van der Waals surface area contributed by atoms with Crippen molar-refractivity contribution in [3.8, 4) is 0 Å². The van der Waals surface area contributed by atoms with Crippen molar-refractivity contribution in [1.82, 2.24) is 5.32 Å². The molecule has 1 nitrogen and oxygen atoms in total. The second kappa shape index (κ2) is 4.48. The van der Waals surface area contributed by atoms with E-state index in [1.165, 1.54) is 12.8 Å². The summed E-state index contributed by atoms with van der Waals surface area (Å²) in [6, 6.07) is 1.70. The zero-order valence-corrected chi connectivity index (χ0v) is 13.1. The summed E-state index contributed by atoms with van der Waals surface area (Å²) in [5.74, 6) is 7.65. The van der Waals surface area contributed by atoms with Crippen molar-refractivity contribution in [2.24, 2.45) is 41.4 Å². The lowest BCUT2D eigenvalue weighted by Gasteiger charge is -2.37. The maximum atomic E-state index is 4.15. The first-order valence-electron chi connectivity index (χ1n) is 9.55. The standard InChI is InChI=1S/C19H31N/c1-11(17-8-12-5-6-13(17)7-12)20-19-10-14-9-18(19)16-4-2-3-15(14)16/h11-20H,2-10H2,1H3. The Labute approximate surface area is 124 Å². The summed E-state index contributed by atoms with van der Waals surface area (Å²) in [5, 5.41) is 4.15. The van der Waals surface area contributed by atoms with Gasteiger partial charge >= 0.3 is 0 Å². The van der Waals surface area contributed by atoms with Crippen LogP contribution in [0.1, 0.15) is 64.7 Å². The summed E-state index contributed by atoms with van der Waals surface area (Å²) in [4.78, 5) is 0. The van der Waals surface area contributed by atoms with Crippen LogP contribution in [0.2, 0.25) is 0 Å². The van der Waals surface area contributed by atoms with Crippen LogP contribution in [0.15, 0.2) is 0 Å². The van der Waals surface area contributed by atoms with E-state index in [1.807, 2.05) is 0 Å². The lowest BCUT2D eigenvalue weighted by Crippen LogP contribution is -2.47. The zero-order chi connectivity index (χ0) is 13.3.